The molecule has 5 heteroatoms. The summed E-state index contributed by atoms with van der Waals surface area (Å²) in [4.78, 5) is 16.5. The Bertz CT molecular complexity index is 560. The lowest BCUT2D eigenvalue weighted by atomic mass is 10.3. The van der Waals surface area contributed by atoms with E-state index in [2.05, 4.69) is 20.9 Å². The van der Waals surface area contributed by atoms with E-state index in [-0.39, 0.29) is 5.69 Å². The maximum atomic E-state index is 11.0. The smallest absolute Gasteiger partial charge is 0.355 e. The van der Waals surface area contributed by atoms with Gasteiger partial charge >= 0.3 is 5.97 Å². The molecule has 0 aliphatic heterocycles. The van der Waals surface area contributed by atoms with E-state index in [1.807, 2.05) is 24.3 Å². The van der Waals surface area contributed by atoms with Crippen molar-refractivity contribution in [2.24, 2.45) is 0 Å². The second-order valence-corrected chi connectivity index (χ2v) is 5.25. The maximum Gasteiger partial charge on any atom is 0.355 e. The predicted molar refractivity (Wildman–Crippen MR) is 69.5 cm³/mol. The second kappa shape index (κ2) is 5.33. The van der Waals surface area contributed by atoms with Gasteiger partial charge in [-0.25, -0.2) is 9.78 Å². The van der Waals surface area contributed by atoms with Crippen molar-refractivity contribution in [2.75, 3.05) is 0 Å². The number of carbonyl (C=O) groups is 1. The van der Waals surface area contributed by atoms with E-state index in [1.54, 1.807) is 12.1 Å². The Morgan fingerprint density at radius 1 is 1.29 bits per heavy atom. The van der Waals surface area contributed by atoms with Crippen LogP contribution in [0.2, 0.25) is 0 Å². The van der Waals surface area contributed by atoms with Crippen molar-refractivity contribution in [1.82, 2.24) is 4.98 Å². The third-order valence-corrected chi connectivity index (χ3v) is 3.53. The number of carboxylic acid groups (broad SMARTS) is 1. The van der Waals surface area contributed by atoms with Gasteiger partial charge in [0, 0.05) is 20.5 Å². The van der Waals surface area contributed by atoms with Crippen LogP contribution in [0.4, 0.5) is 0 Å². The molecule has 1 aromatic carbocycles. The highest BCUT2D eigenvalue weighted by molar-refractivity contribution is 9.10. The molecule has 0 bridgehead atoms. The molecule has 2 aromatic rings. The molecular weight excluding hydrogens is 302 g/mol. The van der Waals surface area contributed by atoms with Crippen LogP contribution in [0.3, 0.4) is 0 Å². The molecule has 1 N–H and O–H groups in total. The average molecular weight is 310 g/mol. The van der Waals surface area contributed by atoms with Gasteiger partial charge in [0.2, 0.25) is 0 Å². The van der Waals surface area contributed by atoms with Crippen LogP contribution in [0.1, 0.15) is 10.5 Å². The summed E-state index contributed by atoms with van der Waals surface area (Å²) in [5.41, 5.74) is 0.0810. The van der Waals surface area contributed by atoms with Crippen molar-refractivity contribution >= 4 is 33.7 Å². The molecular formula is C12H8BrNO2S. The van der Waals surface area contributed by atoms with Crippen LogP contribution >= 0.6 is 27.7 Å². The fourth-order valence-electron chi connectivity index (χ4n) is 1.29. The molecule has 0 amide bonds. The first-order valence-electron chi connectivity index (χ1n) is 4.78. The van der Waals surface area contributed by atoms with E-state index >= 15 is 0 Å². The van der Waals surface area contributed by atoms with E-state index in [0.29, 0.717) is 4.90 Å². The van der Waals surface area contributed by atoms with Crippen molar-refractivity contribution in [1.29, 1.82) is 0 Å². The molecule has 3 nitrogen and oxygen atoms in total. The molecule has 0 saturated heterocycles. The number of nitrogens with zero attached hydrogens (tertiary/aromatic N) is 1. The summed E-state index contributed by atoms with van der Waals surface area (Å²) >= 11 is 4.76. The summed E-state index contributed by atoms with van der Waals surface area (Å²) in [6, 6.07) is 11.2. The van der Waals surface area contributed by atoms with E-state index < -0.39 is 5.97 Å². The van der Waals surface area contributed by atoms with E-state index in [0.717, 1.165) is 9.37 Å². The van der Waals surface area contributed by atoms with Gasteiger partial charge in [-0.15, -0.1) is 0 Å². The van der Waals surface area contributed by atoms with Crippen LogP contribution in [0.5, 0.6) is 0 Å². The monoisotopic (exact) mass is 309 g/mol. The lowest BCUT2D eigenvalue weighted by Crippen LogP contribution is -2.01. The molecule has 0 fully saturated rings. The first-order valence-corrected chi connectivity index (χ1v) is 6.39. The molecule has 1 heterocycles. The molecule has 86 valence electrons. The summed E-state index contributed by atoms with van der Waals surface area (Å²) in [6.07, 6.45) is 1.48. The van der Waals surface area contributed by atoms with E-state index in [4.69, 9.17) is 5.11 Å². The largest absolute Gasteiger partial charge is 0.476 e. The number of rotatable bonds is 3. The highest BCUT2D eigenvalue weighted by Crippen LogP contribution is 2.30. The van der Waals surface area contributed by atoms with Gasteiger partial charge in [0.15, 0.2) is 5.69 Å². The number of halogens is 1. The van der Waals surface area contributed by atoms with Gasteiger partial charge in [-0.3, -0.25) is 0 Å². The number of benzene rings is 1. The zero-order valence-electron chi connectivity index (χ0n) is 8.63. The predicted octanol–water partition coefficient (Wildman–Crippen LogP) is 3.69. The Balaban J connectivity index is 2.33. The number of pyridine rings is 1. The molecule has 0 atom stereocenters. The topological polar surface area (TPSA) is 50.2 Å². The highest BCUT2D eigenvalue weighted by atomic mass is 79.9. The van der Waals surface area contributed by atoms with Crippen molar-refractivity contribution in [3.63, 3.8) is 0 Å². The summed E-state index contributed by atoms with van der Waals surface area (Å²) in [5.74, 6) is -1.01. The maximum absolute atomic E-state index is 11.0. The minimum Gasteiger partial charge on any atom is -0.476 e. The van der Waals surface area contributed by atoms with Crippen LogP contribution in [0.25, 0.3) is 0 Å². The van der Waals surface area contributed by atoms with Gasteiger partial charge in [-0.1, -0.05) is 33.8 Å². The molecule has 0 aliphatic rings. The van der Waals surface area contributed by atoms with Gasteiger partial charge in [-0.05, 0) is 30.3 Å². The summed E-state index contributed by atoms with van der Waals surface area (Å²) in [5, 5.41) is 9.01. The molecule has 2 rings (SSSR count). The normalized spacial score (nSPS) is 10.2. The minimum atomic E-state index is -1.01. The second-order valence-electron chi connectivity index (χ2n) is 3.21. The number of hydrogen-bond acceptors (Lipinski definition) is 3. The third kappa shape index (κ3) is 3.08. The first kappa shape index (κ1) is 12.1. The van der Waals surface area contributed by atoms with Crippen LogP contribution in [-0.2, 0) is 0 Å². The van der Waals surface area contributed by atoms with Crippen molar-refractivity contribution in [3.8, 4) is 0 Å². The fourth-order valence-corrected chi connectivity index (χ4v) is 2.81. The van der Waals surface area contributed by atoms with Crippen molar-refractivity contribution < 1.29 is 9.90 Å². The summed E-state index contributed by atoms with van der Waals surface area (Å²) < 4.78 is 0.961. The van der Waals surface area contributed by atoms with E-state index in [9.17, 15) is 4.79 Å². The Hall–Kier alpha value is -1.33. The minimum absolute atomic E-state index is 0.0810. The molecule has 0 spiro atoms. The van der Waals surface area contributed by atoms with Crippen LogP contribution < -0.4 is 0 Å². The lowest BCUT2D eigenvalue weighted by Gasteiger charge is -2.04. The van der Waals surface area contributed by atoms with Gasteiger partial charge in [-0.2, -0.15) is 0 Å². The van der Waals surface area contributed by atoms with Crippen molar-refractivity contribution in [3.05, 3.63) is 52.8 Å². The molecule has 1 aromatic heterocycles. The van der Waals surface area contributed by atoms with Gasteiger partial charge in [0.1, 0.15) is 0 Å². The van der Waals surface area contributed by atoms with Crippen LogP contribution in [-0.4, -0.2) is 16.1 Å². The number of hydrogen-bond donors (Lipinski definition) is 1. The van der Waals surface area contributed by atoms with Crippen LogP contribution in [0.15, 0.2) is 56.9 Å². The first-order chi connectivity index (χ1) is 8.16. The van der Waals surface area contributed by atoms with Gasteiger partial charge < -0.3 is 5.11 Å². The summed E-state index contributed by atoms with van der Waals surface area (Å²) in [7, 11) is 0. The van der Waals surface area contributed by atoms with E-state index in [1.165, 1.54) is 18.0 Å². The molecule has 17 heavy (non-hydrogen) atoms. The molecule has 0 unspecified atom stereocenters. The SMILES string of the molecule is O=C(O)c1ncccc1Sc1cccc(Br)c1. The Kier molecular flexibility index (Phi) is 3.81. The van der Waals surface area contributed by atoms with Crippen LogP contribution in [0, 0.1) is 0 Å². The zero-order chi connectivity index (χ0) is 12.3. The zero-order valence-corrected chi connectivity index (χ0v) is 11.0. The summed E-state index contributed by atoms with van der Waals surface area (Å²) in [6.45, 7) is 0. The van der Waals surface area contributed by atoms with Crippen molar-refractivity contribution in [2.45, 2.75) is 9.79 Å². The van der Waals surface area contributed by atoms with Gasteiger partial charge in [0.05, 0.1) is 0 Å². The van der Waals surface area contributed by atoms with Gasteiger partial charge in [0.25, 0.3) is 0 Å². The fraction of sp³-hybridized carbons (Fsp3) is 0. The third-order valence-electron chi connectivity index (χ3n) is 2.00. The standard InChI is InChI=1S/C12H8BrNO2S/c13-8-3-1-4-9(7-8)17-10-5-2-6-14-11(10)12(15)16/h1-7H,(H,15,16). The number of carboxylic acids is 1. The number of aromatic carboxylic acids is 1. The molecule has 0 aliphatic carbocycles. The Labute approximate surface area is 111 Å². The average Bonchev–Trinajstić information content (AvgIpc) is 2.29. The molecule has 0 radical (unpaired) electrons. The Morgan fingerprint density at radius 2 is 2.12 bits per heavy atom. The lowest BCUT2D eigenvalue weighted by molar-refractivity contribution is 0.0686. The number of aromatic nitrogens is 1. The quantitative estimate of drug-likeness (QED) is 0.939. The highest BCUT2D eigenvalue weighted by Gasteiger charge is 2.11. The Morgan fingerprint density at radius 3 is 2.82 bits per heavy atom. The molecule has 0 saturated carbocycles.